The molecule has 0 spiro atoms. The van der Waals surface area contributed by atoms with Gasteiger partial charge in [-0.05, 0) is 19.0 Å². The zero-order valence-electron chi connectivity index (χ0n) is 7.56. The lowest BCUT2D eigenvalue weighted by atomic mass is 10.4. The molecule has 72 valence electrons. The Morgan fingerprint density at radius 2 is 2.38 bits per heavy atom. The first-order valence-corrected chi connectivity index (χ1v) is 5.12. The second-order valence-electron chi connectivity index (χ2n) is 3.46. The molecule has 0 aliphatic carbocycles. The third-order valence-electron chi connectivity index (χ3n) is 2.42. The van der Waals surface area contributed by atoms with Gasteiger partial charge in [0.1, 0.15) is 0 Å². The number of nitrogens with zero attached hydrogens (tertiary/aromatic N) is 3. The summed E-state index contributed by atoms with van der Waals surface area (Å²) in [6.45, 7) is 4.19. The second-order valence-corrected chi connectivity index (χ2v) is 4.07. The number of likely N-dealkylation sites (tertiary alicyclic amines) is 1. The molecular formula is C9H14ClN3. The fraction of sp³-hybridized carbons (Fsp3) is 0.667. The molecule has 0 aromatic carbocycles. The van der Waals surface area contributed by atoms with Crippen LogP contribution in [0.5, 0.6) is 0 Å². The highest BCUT2D eigenvalue weighted by molar-refractivity contribution is 6.20. The van der Waals surface area contributed by atoms with Crippen molar-refractivity contribution in [2.24, 2.45) is 0 Å². The van der Waals surface area contributed by atoms with Crippen LogP contribution in [0.1, 0.15) is 6.42 Å². The molecule has 1 aromatic rings. The molecule has 3 nitrogen and oxygen atoms in total. The van der Waals surface area contributed by atoms with Gasteiger partial charge in [-0.15, -0.1) is 11.6 Å². The van der Waals surface area contributed by atoms with Crippen molar-refractivity contribution in [2.45, 2.75) is 18.3 Å². The predicted molar refractivity (Wildman–Crippen MR) is 52.9 cm³/mol. The molecule has 1 aliphatic rings. The van der Waals surface area contributed by atoms with Crippen LogP contribution in [0.25, 0.3) is 0 Å². The minimum Gasteiger partial charge on any atom is -0.300 e. The zero-order valence-corrected chi connectivity index (χ0v) is 8.32. The van der Waals surface area contributed by atoms with E-state index in [1.807, 2.05) is 23.1 Å². The van der Waals surface area contributed by atoms with Crippen LogP contribution in [0.2, 0.25) is 0 Å². The summed E-state index contributed by atoms with van der Waals surface area (Å²) in [6.07, 6.45) is 4.93. The van der Waals surface area contributed by atoms with Gasteiger partial charge in [0.05, 0.1) is 6.54 Å². The molecule has 0 bridgehead atoms. The van der Waals surface area contributed by atoms with E-state index in [0.29, 0.717) is 5.38 Å². The first-order chi connectivity index (χ1) is 6.34. The largest absolute Gasteiger partial charge is 0.300 e. The predicted octanol–water partition coefficient (Wildman–Crippen LogP) is 1.20. The first kappa shape index (κ1) is 9.03. The Kier molecular flexibility index (Phi) is 2.86. The van der Waals surface area contributed by atoms with E-state index < -0.39 is 0 Å². The number of aromatic nitrogens is 2. The molecule has 0 N–H and O–H groups in total. The van der Waals surface area contributed by atoms with Gasteiger partial charge >= 0.3 is 0 Å². The van der Waals surface area contributed by atoms with Crippen molar-refractivity contribution in [3.8, 4) is 0 Å². The molecule has 1 unspecified atom stereocenters. The van der Waals surface area contributed by atoms with Gasteiger partial charge in [0, 0.05) is 30.9 Å². The molecule has 2 rings (SSSR count). The van der Waals surface area contributed by atoms with Crippen LogP contribution in [0.3, 0.4) is 0 Å². The molecule has 1 atom stereocenters. The summed E-state index contributed by atoms with van der Waals surface area (Å²) in [5, 5.41) is 4.51. The minimum absolute atomic E-state index is 0.359. The molecule has 0 amide bonds. The van der Waals surface area contributed by atoms with Gasteiger partial charge in [-0.3, -0.25) is 9.58 Å². The summed E-state index contributed by atoms with van der Waals surface area (Å²) in [6, 6.07) is 1.95. The summed E-state index contributed by atoms with van der Waals surface area (Å²) in [5.41, 5.74) is 0. The highest BCUT2D eigenvalue weighted by Gasteiger charge is 2.19. The summed E-state index contributed by atoms with van der Waals surface area (Å²) >= 11 is 6.00. The standard InChI is InChI=1S/C9H14ClN3/c10-9-2-5-12(8-9)6-7-13-4-1-3-11-13/h1,3-4,9H,2,5-8H2. The zero-order chi connectivity index (χ0) is 9.10. The Labute approximate surface area is 83.3 Å². The van der Waals surface area contributed by atoms with Crippen LogP contribution in [0.15, 0.2) is 18.5 Å². The Hall–Kier alpha value is -0.540. The monoisotopic (exact) mass is 199 g/mol. The topological polar surface area (TPSA) is 21.1 Å². The maximum atomic E-state index is 6.00. The van der Waals surface area contributed by atoms with Crippen LogP contribution in [0, 0.1) is 0 Å². The molecule has 0 saturated carbocycles. The van der Waals surface area contributed by atoms with Crippen LogP contribution in [0.4, 0.5) is 0 Å². The summed E-state index contributed by atoms with van der Waals surface area (Å²) in [4.78, 5) is 2.39. The maximum absolute atomic E-state index is 6.00. The molecule has 4 heteroatoms. The lowest BCUT2D eigenvalue weighted by Gasteiger charge is -2.14. The third-order valence-corrected chi connectivity index (χ3v) is 2.78. The SMILES string of the molecule is ClC1CCN(CCn2cccn2)C1. The Morgan fingerprint density at radius 3 is 3.00 bits per heavy atom. The van der Waals surface area contributed by atoms with Crippen molar-refractivity contribution >= 4 is 11.6 Å². The van der Waals surface area contributed by atoms with Crippen molar-refractivity contribution < 1.29 is 0 Å². The maximum Gasteiger partial charge on any atom is 0.0536 e. The van der Waals surface area contributed by atoms with Gasteiger partial charge in [0.15, 0.2) is 0 Å². The Morgan fingerprint density at radius 1 is 1.46 bits per heavy atom. The van der Waals surface area contributed by atoms with Crippen molar-refractivity contribution in [1.29, 1.82) is 0 Å². The van der Waals surface area contributed by atoms with Crippen LogP contribution >= 0.6 is 11.6 Å². The fourth-order valence-corrected chi connectivity index (χ4v) is 1.96. The molecule has 1 aromatic heterocycles. The molecule has 2 heterocycles. The molecule has 0 radical (unpaired) electrons. The first-order valence-electron chi connectivity index (χ1n) is 4.68. The fourth-order valence-electron chi connectivity index (χ4n) is 1.67. The highest BCUT2D eigenvalue weighted by Crippen LogP contribution is 2.13. The van der Waals surface area contributed by atoms with Crippen LogP contribution in [-0.4, -0.2) is 39.7 Å². The smallest absolute Gasteiger partial charge is 0.0536 e. The van der Waals surface area contributed by atoms with Gasteiger partial charge in [-0.2, -0.15) is 5.10 Å². The van der Waals surface area contributed by atoms with Gasteiger partial charge in [0.25, 0.3) is 0 Å². The number of rotatable bonds is 3. The number of alkyl halides is 1. The summed E-state index contributed by atoms with van der Waals surface area (Å²) < 4.78 is 1.96. The normalized spacial score (nSPS) is 23.9. The van der Waals surface area contributed by atoms with Crippen molar-refractivity contribution in [2.75, 3.05) is 19.6 Å². The second kappa shape index (κ2) is 4.11. The van der Waals surface area contributed by atoms with E-state index >= 15 is 0 Å². The van der Waals surface area contributed by atoms with E-state index in [9.17, 15) is 0 Å². The number of halogens is 1. The van der Waals surface area contributed by atoms with Gasteiger partial charge in [0.2, 0.25) is 0 Å². The lowest BCUT2D eigenvalue weighted by Crippen LogP contribution is -2.25. The summed E-state index contributed by atoms with van der Waals surface area (Å²) in [5.74, 6) is 0. The minimum atomic E-state index is 0.359. The Balaban J connectivity index is 1.74. The molecule has 1 saturated heterocycles. The van der Waals surface area contributed by atoms with E-state index in [1.165, 1.54) is 0 Å². The van der Waals surface area contributed by atoms with E-state index in [4.69, 9.17) is 11.6 Å². The molecule has 1 fully saturated rings. The van der Waals surface area contributed by atoms with Crippen LogP contribution in [-0.2, 0) is 6.54 Å². The van der Waals surface area contributed by atoms with Gasteiger partial charge in [-0.1, -0.05) is 0 Å². The van der Waals surface area contributed by atoms with Crippen molar-refractivity contribution in [1.82, 2.24) is 14.7 Å². The third kappa shape index (κ3) is 2.45. The van der Waals surface area contributed by atoms with Crippen molar-refractivity contribution in [3.63, 3.8) is 0 Å². The van der Waals surface area contributed by atoms with E-state index in [-0.39, 0.29) is 0 Å². The number of hydrogen-bond acceptors (Lipinski definition) is 2. The average molecular weight is 200 g/mol. The van der Waals surface area contributed by atoms with E-state index in [2.05, 4.69) is 10.00 Å². The quantitative estimate of drug-likeness (QED) is 0.683. The lowest BCUT2D eigenvalue weighted by molar-refractivity contribution is 0.316. The Bertz CT molecular complexity index is 247. The van der Waals surface area contributed by atoms with Crippen LogP contribution < -0.4 is 0 Å². The molecular weight excluding hydrogens is 186 g/mol. The molecule has 1 aliphatic heterocycles. The van der Waals surface area contributed by atoms with Crippen molar-refractivity contribution in [3.05, 3.63) is 18.5 Å². The summed E-state index contributed by atoms with van der Waals surface area (Å²) in [7, 11) is 0. The number of hydrogen-bond donors (Lipinski definition) is 0. The highest BCUT2D eigenvalue weighted by atomic mass is 35.5. The average Bonchev–Trinajstić information content (AvgIpc) is 2.71. The van der Waals surface area contributed by atoms with Gasteiger partial charge in [-0.25, -0.2) is 0 Å². The molecule has 13 heavy (non-hydrogen) atoms. The van der Waals surface area contributed by atoms with Gasteiger partial charge < -0.3 is 0 Å². The van der Waals surface area contributed by atoms with E-state index in [1.54, 1.807) is 0 Å². The van der Waals surface area contributed by atoms with E-state index in [0.717, 1.165) is 32.6 Å².